The van der Waals surface area contributed by atoms with Gasteiger partial charge in [0.05, 0.1) is 13.7 Å². The van der Waals surface area contributed by atoms with Gasteiger partial charge in [-0.25, -0.2) is 0 Å². The van der Waals surface area contributed by atoms with Gasteiger partial charge in [-0.15, -0.1) is 0 Å². The summed E-state index contributed by atoms with van der Waals surface area (Å²) in [6.45, 7) is 5.07. The largest absolute Gasteiger partial charge is 1.00 e. The van der Waals surface area contributed by atoms with Crippen LogP contribution in [-0.4, -0.2) is 31.1 Å². The Hall–Kier alpha value is -0.380. The van der Waals surface area contributed by atoms with Gasteiger partial charge >= 0.3 is 0 Å². The van der Waals surface area contributed by atoms with Gasteiger partial charge in [-0.1, -0.05) is 13.8 Å². The molecule has 88 valence electrons. The average molecular weight is 234 g/mol. The monoisotopic (exact) mass is 233 g/mol. The van der Waals surface area contributed by atoms with Gasteiger partial charge in [0.15, 0.2) is 5.78 Å². The van der Waals surface area contributed by atoms with E-state index in [0.717, 1.165) is 17.0 Å². The van der Waals surface area contributed by atoms with Crippen LogP contribution in [0, 0.1) is 5.41 Å². The lowest BCUT2D eigenvalue weighted by Gasteiger charge is -2.30. The molecular formula is C11H20ClNO2. The number of ketones is 1. The van der Waals surface area contributed by atoms with Gasteiger partial charge in [0.25, 0.3) is 0 Å². The van der Waals surface area contributed by atoms with E-state index in [9.17, 15) is 4.79 Å². The van der Waals surface area contributed by atoms with Gasteiger partial charge in [0.1, 0.15) is 12.2 Å². The third kappa shape index (κ3) is 4.33. The van der Waals surface area contributed by atoms with Crippen molar-refractivity contribution in [2.24, 2.45) is 5.41 Å². The summed E-state index contributed by atoms with van der Waals surface area (Å²) >= 11 is 0. The van der Waals surface area contributed by atoms with Crippen LogP contribution in [0.25, 0.3) is 0 Å². The van der Waals surface area contributed by atoms with Crippen LogP contribution < -0.4 is 17.3 Å². The minimum atomic E-state index is 0. The Morgan fingerprint density at radius 2 is 2.07 bits per heavy atom. The maximum Gasteiger partial charge on any atom is 0.161 e. The van der Waals surface area contributed by atoms with E-state index in [4.69, 9.17) is 5.11 Å². The molecule has 0 heterocycles. The molecule has 1 unspecified atom stereocenters. The topological polar surface area (TPSA) is 41.7 Å². The fourth-order valence-corrected chi connectivity index (χ4v) is 1.95. The summed E-state index contributed by atoms with van der Waals surface area (Å²) in [6.07, 6.45) is 3.34. The van der Waals surface area contributed by atoms with Crippen molar-refractivity contribution in [3.63, 3.8) is 0 Å². The zero-order chi connectivity index (χ0) is 10.8. The molecule has 0 saturated heterocycles. The highest BCUT2D eigenvalue weighted by Crippen LogP contribution is 2.31. The predicted molar refractivity (Wildman–Crippen MR) is 54.9 cm³/mol. The Morgan fingerprint density at radius 3 is 2.53 bits per heavy atom. The molecule has 3 nitrogen and oxygen atoms in total. The standard InChI is InChI=1S/C11H19NO2.ClH/c1-11(2)7-9(6-10(14)8-11)12(3)4-5-13;/h6,13H,4-5,7-8H2,1-3H3;1H. The number of nitrogens with one attached hydrogen (secondary N) is 1. The maximum atomic E-state index is 11.4. The molecular weight excluding hydrogens is 214 g/mol. The van der Waals surface area contributed by atoms with E-state index >= 15 is 0 Å². The van der Waals surface area contributed by atoms with Crippen LogP contribution in [0.3, 0.4) is 0 Å². The van der Waals surface area contributed by atoms with Crippen LogP contribution >= 0.6 is 0 Å². The quantitative estimate of drug-likeness (QED) is 0.539. The van der Waals surface area contributed by atoms with E-state index < -0.39 is 0 Å². The van der Waals surface area contributed by atoms with E-state index in [1.807, 2.05) is 7.05 Å². The number of carbonyl (C=O) groups is 1. The average Bonchev–Trinajstić information content (AvgIpc) is 2.00. The van der Waals surface area contributed by atoms with Gasteiger partial charge in [0.2, 0.25) is 0 Å². The lowest BCUT2D eigenvalue weighted by atomic mass is 9.78. The fraction of sp³-hybridized carbons (Fsp3) is 0.727. The molecule has 0 bridgehead atoms. The van der Waals surface area contributed by atoms with Crippen LogP contribution in [0.1, 0.15) is 26.7 Å². The van der Waals surface area contributed by atoms with Crippen molar-refractivity contribution in [2.75, 3.05) is 20.2 Å². The van der Waals surface area contributed by atoms with E-state index in [1.165, 1.54) is 0 Å². The number of hydrogen-bond acceptors (Lipinski definition) is 2. The Balaban J connectivity index is 0.00000196. The second-order valence-electron chi connectivity index (χ2n) is 4.91. The molecule has 2 N–H and O–H groups in total. The second-order valence-corrected chi connectivity index (χ2v) is 4.91. The fourth-order valence-electron chi connectivity index (χ4n) is 1.95. The summed E-state index contributed by atoms with van der Waals surface area (Å²) in [4.78, 5) is 12.6. The highest BCUT2D eigenvalue weighted by atomic mass is 35.5. The SMILES string of the molecule is C[NH+](CCO)C1=CC(=O)CC(C)(C)C1.[Cl-]. The van der Waals surface area contributed by atoms with Crippen LogP contribution in [0.15, 0.2) is 11.8 Å². The lowest BCUT2D eigenvalue weighted by Crippen LogP contribution is -3.08. The number of aliphatic hydroxyl groups is 1. The molecule has 0 aromatic heterocycles. The molecule has 0 saturated carbocycles. The first kappa shape index (κ1) is 14.6. The van der Waals surface area contributed by atoms with Crippen LogP contribution in [0.4, 0.5) is 0 Å². The molecule has 15 heavy (non-hydrogen) atoms. The number of hydrogen-bond donors (Lipinski definition) is 2. The van der Waals surface area contributed by atoms with Crippen molar-refractivity contribution in [2.45, 2.75) is 26.7 Å². The number of rotatable bonds is 3. The van der Waals surface area contributed by atoms with Crippen LogP contribution in [-0.2, 0) is 4.79 Å². The molecule has 1 atom stereocenters. The van der Waals surface area contributed by atoms with Crippen molar-refractivity contribution in [1.82, 2.24) is 0 Å². The van der Waals surface area contributed by atoms with E-state index in [2.05, 4.69) is 13.8 Å². The Kier molecular flexibility index (Phi) is 5.49. The number of carbonyl (C=O) groups excluding carboxylic acids is 1. The molecule has 1 rings (SSSR count). The van der Waals surface area contributed by atoms with Gasteiger partial charge in [-0.3, -0.25) is 4.79 Å². The van der Waals surface area contributed by atoms with Crippen LogP contribution in [0.5, 0.6) is 0 Å². The third-order valence-electron chi connectivity index (χ3n) is 2.69. The lowest BCUT2D eigenvalue weighted by molar-refractivity contribution is -0.841. The zero-order valence-electron chi connectivity index (χ0n) is 9.64. The smallest absolute Gasteiger partial charge is 0.161 e. The first-order chi connectivity index (χ1) is 6.44. The minimum Gasteiger partial charge on any atom is -1.00 e. The second kappa shape index (κ2) is 5.64. The molecule has 0 aromatic carbocycles. The molecule has 1 aliphatic rings. The van der Waals surface area contributed by atoms with Gasteiger partial charge in [0, 0.05) is 18.9 Å². The zero-order valence-corrected chi connectivity index (χ0v) is 10.4. The van der Waals surface area contributed by atoms with E-state index in [0.29, 0.717) is 13.0 Å². The number of halogens is 1. The summed E-state index contributed by atoms with van der Waals surface area (Å²) in [6, 6.07) is 0. The van der Waals surface area contributed by atoms with Gasteiger partial charge < -0.3 is 22.4 Å². The third-order valence-corrected chi connectivity index (χ3v) is 2.69. The van der Waals surface area contributed by atoms with Crippen molar-refractivity contribution < 1.29 is 27.2 Å². The van der Waals surface area contributed by atoms with Gasteiger partial charge in [-0.05, 0) is 5.41 Å². The highest BCUT2D eigenvalue weighted by molar-refractivity contribution is 5.91. The van der Waals surface area contributed by atoms with Crippen molar-refractivity contribution in [3.05, 3.63) is 11.8 Å². The van der Waals surface area contributed by atoms with E-state index in [-0.39, 0.29) is 30.2 Å². The van der Waals surface area contributed by atoms with Crippen molar-refractivity contribution in [1.29, 1.82) is 0 Å². The molecule has 0 fully saturated rings. The number of aliphatic hydroxyl groups excluding tert-OH is 1. The highest BCUT2D eigenvalue weighted by Gasteiger charge is 2.31. The number of likely N-dealkylation sites (N-methyl/N-ethyl adjacent to an activating group) is 1. The molecule has 0 spiro atoms. The first-order valence-electron chi connectivity index (χ1n) is 5.12. The molecule has 0 aromatic rings. The summed E-state index contributed by atoms with van der Waals surface area (Å²) in [5, 5.41) is 8.83. The summed E-state index contributed by atoms with van der Waals surface area (Å²) in [5.74, 6) is 0.216. The Labute approximate surface area is 97.6 Å². The summed E-state index contributed by atoms with van der Waals surface area (Å²) < 4.78 is 0. The van der Waals surface area contributed by atoms with Crippen molar-refractivity contribution >= 4 is 5.78 Å². The Morgan fingerprint density at radius 1 is 1.47 bits per heavy atom. The molecule has 1 aliphatic carbocycles. The molecule has 0 amide bonds. The first-order valence-corrected chi connectivity index (χ1v) is 5.12. The number of quaternary nitrogens is 1. The predicted octanol–water partition coefficient (Wildman–Crippen LogP) is -3.23. The summed E-state index contributed by atoms with van der Waals surface area (Å²) in [5.41, 5.74) is 1.21. The van der Waals surface area contributed by atoms with E-state index in [1.54, 1.807) is 6.08 Å². The normalized spacial score (nSPS) is 21.6. The minimum absolute atomic E-state index is 0. The summed E-state index contributed by atoms with van der Waals surface area (Å²) in [7, 11) is 2.00. The van der Waals surface area contributed by atoms with Crippen molar-refractivity contribution in [3.8, 4) is 0 Å². The van der Waals surface area contributed by atoms with Gasteiger partial charge in [-0.2, -0.15) is 0 Å². The van der Waals surface area contributed by atoms with Crippen LogP contribution in [0.2, 0.25) is 0 Å². The number of allylic oxidation sites excluding steroid dienone is 2. The maximum absolute atomic E-state index is 11.4. The molecule has 0 radical (unpaired) electrons. The molecule has 0 aliphatic heterocycles. The Bertz CT molecular complexity index is 261. The molecule has 4 heteroatoms.